The second-order valence-corrected chi connectivity index (χ2v) is 8.07. The normalized spacial score (nSPS) is 18.4. The van der Waals surface area contributed by atoms with Crippen molar-refractivity contribution in [2.24, 2.45) is 0 Å². The number of rotatable bonds is 2. The molecule has 0 radical (unpaired) electrons. The highest BCUT2D eigenvalue weighted by Crippen LogP contribution is 2.40. The first kappa shape index (κ1) is 21.5. The van der Waals surface area contributed by atoms with Gasteiger partial charge < -0.3 is 4.90 Å². The fraction of sp³-hybridized carbons (Fsp3) is 0.160. The van der Waals surface area contributed by atoms with Crippen LogP contribution in [-0.2, 0) is 10.3 Å². The number of urea groups is 1. The van der Waals surface area contributed by atoms with Gasteiger partial charge in [0.05, 0.1) is 17.0 Å². The first-order valence-corrected chi connectivity index (χ1v) is 10.3. The number of imide groups is 1. The maximum Gasteiger partial charge on any atom is 0.331 e. The highest BCUT2D eigenvalue weighted by Gasteiger charge is 2.47. The Morgan fingerprint density at radius 2 is 1.78 bits per heavy atom. The zero-order valence-electron chi connectivity index (χ0n) is 17.5. The molecule has 5 nitrogen and oxygen atoms in total. The highest BCUT2D eigenvalue weighted by atomic mass is 35.5. The molecule has 0 aliphatic carbocycles. The van der Waals surface area contributed by atoms with Crippen molar-refractivity contribution in [3.05, 3.63) is 94.5 Å². The highest BCUT2D eigenvalue weighted by molar-refractivity contribution is 6.35. The summed E-state index contributed by atoms with van der Waals surface area (Å²) >= 11 is 6.33. The molecule has 1 aliphatic rings. The van der Waals surface area contributed by atoms with Crippen molar-refractivity contribution in [1.82, 2.24) is 9.88 Å². The summed E-state index contributed by atoms with van der Waals surface area (Å²) in [5.74, 6) is 4.37. The van der Waals surface area contributed by atoms with Crippen molar-refractivity contribution in [3.8, 4) is 11.8 Å². The van der Waals surface area contributed by atoms with Gasteiger partial charge in [-0.15, -0.1) is 0 Å². The van der Waals surface area contributed by atoms with Crippen LogP contribution in [0.2, 0.25) is 5.02 Å². The van der Waals surface area contributed by atoms with E-state index in [1.165, 1.54) is 11.0 Å². The molecule has 1 fully saturated rings. The van der Waals surface area contributed by atoms with Crippen LogP contribution in [0.1, 0.15) is 30.0 Å². The van der Waals surface area contributed by atoms with Crippen LogP contribution in [0.5, 0.6) is 0 Å². The quantitative estimate of drug-likeness (QED) is 0.521. The number of halogens is 2. The molecule has 1 atom stereocenters. The first-order valence-electron chi connectivity index (χ1n) is 9.88. The average Bonchev–Trinajstić information content (AvgIpc) is 2.79. The topological polar surface area (TPSA) is 53.5 Å². The molecule has 2 aromatic carbocycles. The van der Waals surface area contributed by atoms with E-state index in [9.17, 15) is 9.59 Å². The minimum absolute atomic E-state index is 0.0163. The van der Waals surface area contributed by atoms with Gasteiger partial charge in [-0.2, -0.15) is 0 Å². The summed E-state index contributed by atoms with van der Waals surface area (Å²) in [5, 5.41) is -0.0705. The summed E-state index contributed by atoms with van der Waals surface area (Å²) in [6, 6.07) is 14.7. The predicted molar refractivity (Wildman–Crippen MR) is 121 cm³/mol. The molecular formula is C25H19ClFN3O2. The van der Waals surface area contributed by atoms with Gasteiger partial charge in [0.2, 0.25) is 5.91 Å². The van der Waals surface area contributed by atoms with Gasteiger partial charge in [-0.1, -0.05) is 53.8 Å². The predicted octanol–water partition coefficient (Wildman–Crippen LogP) is 4.98. The van der Waals surface area contributed by atoms with Crippen LogP contribution in [0.4, 0.5) is 14.9 Å². The van der Waals surface area contributed by atoms with E-state index in [1.807, 2.05) is 37.3 Å². The van der Waals surface area contributed by atoms with Crippen molar-refractivity contribution in [2.45, 2.75) is 18.9 Å². The smallest absolute Gasteiger partial charge is 0.317 e. The molecule has 1 aromatic heterocycles. The fourth-order valence-corrected chi connectivity index (χ4v) is 4.00. The molecule has 4 rings (SSSR count). The SMILES string of the molecule is CN1C(=O)N(c2c(F)cc(C#Cc3cccnc3)cc2Cl)C(=O)CC1(C)c1ccccc1. The van der Waals surface area contributed by atoms with Crippen molar-refractivity contribution in [2.75, 3.05) is 11.9 Å². The molecule has 0 saturated carbocycles. The maximum atomic E-state index is 15.1. The summed E-state index contributed by atoms with van der Waals surface area (Å²) in [6.45, 7) is 1.81. The molecule has 1 aliphatic heterocycles. The molecule has 0 N–H and O–H groups in total. The molecule has 2 heterocycles. The Labute approximate surface area is 190 Å². The number of nitrogens with zero attached hydrogens (tertiary/aromatic N) is 3. The second-order valence-electron chi connectivity index (χ2n) is 7.67. The van der Waals surface area contributed by atoms with E-state index < -0.39 is 23.3 Å². The lowest BCUT2D eigenvalue weighted by Gasteiger charge is -2.46. The molecule has 1 saturated heterocycles. The zero-order chi connectivity index (χ0) is 22.9. The summed E-state index contributed by atoms with van der Waals surface area (Å²) in [7, 11) is 1.59. The number of anilines is 1. The van der Waals surface area contributed by atoms with E-state index in [0.29, 0.717) is 11.1 Å². The molecule has 3 aromatic rings. The first-order chi connectivity index (χ1) is 15.3. The minimum Gasteiger partial charge on any atom is -0.317 e. The maximum absolute atomic E-state index is 15.1. The Kier molecular flexibility index (Phi) is 5.68. The van der Waals surface area contributed by atoms with E-state index in [4.69, 9.17) is 11.6 Å². The molecule has 32 heavy (non-hydrogen) atoms. The standard InChI is InChI=1S/C25H19ClFN3O2/c1-25(19-8-4-3-5-9-19)15-22(31)30(24(32)29(25)2)23-20(26)13-18(14-21(23)27)11-10-17-7-6-12-28-16-17/h3-9,12-14,16H,15H2,1-2H3. The average molecular weight is 448 g/mol. The van der Waals surface area contributed by atoms with Gasteiger partial charge in [-0.3, -0.25) is 9.78 Å². The lowest BCUT2D eigenvalue weighted by molar-refractivity contribution is -0.122. The Morgan fingerprint density at radius 1 is 1.06 bits per heavy atom. The minimum atomic E-state index is -0.857. The summed E-state index contributed by atoms with van der Waals surface area (Å²) < 4.78 is 15.1. The number of benzene rings is 2. The van der Waals surface area contributed by atoms with Crippen LogP contribution >= 0.6 is 11.6 Å². The third kappa shape index (κ3) is 3.83. The van der Waals surface area contributed by atoms with E-state index in [-0.39, 0.29) is 17.1 Å². The van der Waals surface area contributed by atoms with Gasteiger partial charge in [-0.25, -0.2) is 14.1 Å². The van der Waals surface area contributed by atoms with Crippen LogP contribution in [0.3, 0.4) is 0 Å². The van der Waals surface area contributed by atoms with Crippen molar-refractivity contribution >= 4 is 29.2 Å². The number of aromatic nitrogens is 1. The van der Waals surface area contributed by atoms with E-state index >= 15 is 4.39 Å². The van der Waals surface area contributed by atoms with Gasteiger partial charge in [0, 0.05) is 30.6 Å². The van der Waals surface area contributed by atoms with E-state index in [1.54, 1.807) is 31.6 Å². The Morgan fingerprint density at radius 3 is 2.44 bits per heavy atom. The van der Waals surface area contributed by atoms with Gasteiger partial charge in [-0.05, 0) is 36.8 Å². The third-order valence-electron chi connectivity index (χ3n) is 5.61. The molecular weight excluding hydrogens is 429 g/mol. The molecule has 1 unspecified atom stereocenters. The van der Waals surface area contributed by atoms with Crippen molar-refractivity contribution in [1.29, 1.82) is 0 Å². The lowest BCUT2D eigenvalue weighted by atomic mass is 9.85. The molecule has 0 bridgehead atoms. The molecule has 160 valence electrons. The third-order valence-corrected chi connectivity index (χ3v) is 5.90. The van der Waals surface area contributed by atoms with Crippen molar-refractivity contribution < 1.29 is 14.0 Å². The lowest BCUT2D eigenvalue weighted by Crippen LogP contribution is -2.60. The van der Waals surface area contributed by atoms with E-state index in [2.05, 4.69) is 16.8 Å². The van der Waals surface area contributed by atoms with Crippen molar-refractivity contribution in [3.63, 3.8) is 0 Å². The van der Waals surface area contributed by atoms with Crippen LogP contribution < -0.4 is 4.90 Å². The van der Waals surface area contributed by atoms with Crippen LogP contribution in [0.25, 0.3) is 0 Å². The second kappa shape index (κ2) is 8.45. The van der Waals surface area contributed by atoms with Gasteiger partial charge in [0.25, 0.3) is 0 Å². The Balaban J connectivity index is 1.68. The molecule has 3 amide bonds. The molecule has 7 heteroatoms. The number of carbonyl (C=O) groups is 2. The Bertz CT molecular complexity index is 1230. The summed E-state index contributed by atoms with van der Waals surface area (Å²) in [5.41, 5.74) is 0.673. The van der Waals surface area contributed by atoms with Crippen LogP contribution in [0, 0.1) is 17.7 Å². The number of pyridine rings is 1. The van der Waals surface area contributed by atoms with Crippen LogP contribution in [-0.4, -0.2) is 28.9 Å². The van der Waals surface area contributed by atoms with Gasteiger partial charge in [0.1, 0.15) is 11.5 Å². The summed E-state index contributed by atoms with van der Waals surface area (Å²) in [4.78, 5) is 32.5. The largest absolute Gasteiger partial charge is 0.331 e. The fourth-order valence-electron chi connectivity index (χ4n) is 3.71. The number of hydrogen-bond acceptors (Lipinski definition) is 3. The van der Waals surface area contributed by atoms with E-state index in [0.717, 1.165) is 16.5 Å². The van der Waals surface area contributed by atoms with Gasteiger partial charge >= 0.3 is 6.03 Å². The number of carbonyl (C=O) groups excluding carboxylic acids is 2. The van der Waals surface area contributed by atoms with Gasteiger partial charge in [0.15, 0.2) is 0 Å². The molecule has 0 spiro atoms. The number of amides is 3. The number of hydrogen-bond donors (Lipinski definition) is 0. The van der Waals surface area contributed by atoms with Crippen LogP contribution in [0.15, 0.2) is 67.0 Å². The Hall–Kier alpha value is -3.69. The summed E-state index contributed by atoms with van der Waals surface area (Å²) in [6.07, 6.45) is 3.20. The monoisotopic (exact) mass is 447 g/mol. The zero-order valence-corrected chi connectivity index (χ0v) is 18.2.